The van der Waals surface area contributed by atoms with E-state index >= 15 is 0 Å². The van der Waals surface area contributed by atoms with Crippen LogP contribution in [-0.2, 0) is 17.9 Å². The van der Waals surface area contributed by atoms with Gasteiger partial charge in [-0.3, -0.25) is 4.79 Å². The first kappa shape index (κ1) is 24.6. The highest BCUT2D eigenvalue weighted by Gasteiger charge is 2.16. The van der Waals surface area contributed by atoms with Crippen molar-refractivity contribution < 1.29 is 18.7 Å². The fourth-order valence-corrected chi connectivity index (χ4v) is 3.76. The van der Waals surface area contributed by atoms with Gasteiger partial charge in [-0.1, -0.05) is 54.0 Å². The van der Waals surface area contributed by atoms with E-state index in [-0.39, 0.29) is 18.3 Å². The van der Waals surface area contributed by atoms with E-state index in [1.54, 1.807) is 31.4 Å². The van der Waals surface area contributed by atoms with Gasteiger partial charge in [0.25, 0.3) is 0 Å². The molecule has 0 heterocycles. The molecule has 0 aliphatic carbocycles. The minimum atomic E-state index is -0.317. The lowest BCUT2D eigenvalue weighted by atomic mass is 10.1. The number of ether oxygens (including phenoxy) is 2. The van der Waals surface area contributed by atoms with Gasteiger partial charge in [-0.2, -0.15) is 0 Å². The quantitative estimate of drug-likeness (QED) is 0.313. The Bertz CT molecular complexity index is 1100. The predicted octanol–water partition coefficient (Wildman–Crippen LogP) is 6.77. The van der Waals surface area contributed by atoms with Crippen molar-refractivity contribution in [2.75, 3.05) is 17.7 Å². The molecule has 174 valence electrons. The number of amides is 1. The van der Waals surface area contributed by atoms with Gasteiger partial charge in [-0.05, 0) is 42.3 Å². The van der Waals surface area contributed by atoms with E-state index in [4.69, 9.17) is 9.47 Å². The number of rotatable bonds is 10. The van der Waals surface area contributed by atoms with Crippen LogP contribution < -0.4 is 20.1 Å². The van der Waals surface area contributed by atoms with Crippen LogP contribution in [0.5, 0.6) is 11.5 Å². The first-order chi connectivity index (χ1) is 15.9. The SMILES string of the molecule is COc1ccc(Br)c(CNc2cccc(NC(=O)CC(C)C)c2)c1OCc1ccccc1F. The van der Waals surface area contributed by atoms with Crippen molar-refractivity contribution in [2.45, 2.75) is 33.4 Å². The first-order valence-electron chi connectivity index (χ1n) is 10.7. The Balaban J connectivity index is 1.76. The minimum Gasteiger partial charge on any atom is -0.493 e. The molecule has 3 rings (SSSR count). The maximum Gasteiger partial charge on any atom is 0.224 e. The Hall–Kier alpha value is -3.06. The van der Waals surface area contributed by atoms with Crippen molar-refractivity contribution in [1.29, 1.82) is 0 Å². The van der Waals surface area contributed by atoms with E-state index in [0.29, 0.717) is 35.9 Å². The Kier molecular flexibility index (Phi) is 8.72. The van der Waals surface area contributed by atoms with Gasteiger partial charge in [0, 0.05) is 39.9 Å². The Morgan fingerprint density at radius 3 is 2.55 bits per heavy atom. The second kappa shape index (κ2) is 11.7. The van der Waals surface area contributed by atoms with Gasteiger partial charge in [-0.15, -0.1) is 0 Å². The number of hydrogen-bond acceptors (Lipinski definition) is 4. The van der Waals surface area contributed by atoms with Crippen LogP contribution in [0, 0.1) is 11.7 Å². The summed E-state index contributed by atoms with van der Waals surface area (Å²) >= 11 is 3.59. The third-order valence-electron chi connectivity index (χ3n) is 4.93. The van der Waals surface area contributed by atoms with Crippen molar-refractivity contribution in [3.63, 3.8) is 0 Å². The second-order valence-electron chi connectivity index (χ2n) is 8.02. The summed E-state index contributed by atoms with van der Waals surface area (Å²) < 4.78 is 26.4. The zero-order valence-electron chi connectivity index (χ0n) is 19.0. The number of methoxy groups -OCH3 is 1. The molecule has 5 nitrogen and oxygen atoms in total. The lowest BCUT2D eigenvalue weighted by Crippen LogP contribution is -2.14. The third kappa shape index (κ3) is 6.96. The zero-order chi connectivity index (χ0) is 23.8. The predicted molar refractivity (Wildman–Crippen MR) is 133 cm³/mol. The van der Waals surface area contributed by atoms with Crippen LogP contribution in [0.4, 0.5) is 15.8 Å². The average Bonchev–Trinajstić information content (AvgIpc) is 2.77. The molecule has 7 heteroatoms. The smallest absolute Gasteiger partial charge is 0.224 e. The molecule has 0 saturated heterocycles. The lowest BCUT2D eigenvalue weighted by molar-refractivity contribution is -0.116. The highest BCUT2D eigenvalue weighted by Crippen LogP contribution is 2.37. The molecule has 0 radical (unpaired) electrons. The van der Waals surface area contributed by atoms with Crippen LogP contribution in [0.3, 0.4) is 0 Å². The highest BCUT2D eigenvalue weighted by molar-refractivity contribution is 9.10. The van der Waals surface area contributed by atoms with Crippen molar-refractivity contribution in [3.05, 3.63) is 82.1 Å². The molecule has 0 spiro atoms. The van der Waals surface area contributed by atoms with Crippen LogP contribution >= 0.6 is 15.9 Å². The Labute approximate surface area is 202 Å². The molecular weight excluding hydrogens is 487 g/mol. The van der Waals surface area contributed by atoms with Gasteiger partial charge in [0.05, 0.1) is 7.11 Å². The van der Waals surface area contributed by atoms with E-state index in [1.165, 1.54) is 6.07 Å². The maximum absolute atomic E-state index is 14.1. The van der Waals surface area contributed by atoms with E-state index in [9.17, 15) is 9.18 Å². The standard InChI is InChI=1S/C26H28BrFN2O3/c1-17(2)13-25(31)30-20-9-6-8-19(14-20)29-15-21-22(27)11-12-24(32-3)26(21)33-16-18-7-4-5-10-23(18)28/h4-12,14,17,29H,13,15-16H2,1-3H3,(H,30,31). The molecule has 2 N–H and O–H groups in total. The largest absolute Gasteiger partial charge is 0.493 e. The lowest BCUT2D eigenvalue weighted by Gasteiger charge is -2.18. The van der Waals surface area contributed by atoms with E-state index in [0.717, 1.165) is 21.4 Å². The van der Waals surface area contributed by atoms with Crippen LogP contribution in [0.15, 0.2) is 65.1 Å². The summed E-state index contributed by atoms with van der Waals surface area (Å²) in [5.41, 5.74) is 2.86. The average molecular weight is 515 g/mol. The molecule has 3 aromatic rings. The molecule has 33 heavy (non-hydrogen) atoms. The fourth-order valence-electron chi connectivity index (χ4n) is 3.31. The molecule has 0 unspecified atom stereocenters. The molecular formula is C26H28BrFN2O3. The van der Waals surface area contributed by atoms with Gasteiger partial charge < -0.3 is 20.1 Å². The molecule has 1 amide bonds. The Morgan fingerprint density at radius 2 is 1.82 bits per heavy atom. The molecule has 0 fully saturated rings. The minimum absolute atomic E-state index is 0.0125. The molecule has 0 bridgehead atoms. The van der Waals surface area contributed by atoms with Gasteiger partial charge in [0.1, 0.15) is 12.4 Å². The summed E-state index contributed by atoms with van der Waals surface area (Å²) in [6.45, 7) is 4.52. The van der Waals surface area contributed by atoms with E-state index in [1.807, 2.05) is 44.2 Å². The summed E-state index contributed by atoms with van der Waals surface area (Å²) in [7, 11) is 1.57. The normalized spacial score (nSPS) is 10.7. The molecule has 0 aliphatic heterocycles. The van der Waals surface area contributed by atoms with Gasteiger partial charge >= 0.3 is 0 Å². The van der Waals surface area contributed by atoms with Crippen LogP contribution in [-0.4, -0.2) is 13.0 Å². The highest BCUT2D eigenvalue weighted by atomic mass is 79.9. The van der Waals surface area contributed by atoms with Gasteiger partial charge in [-0.25, -0.2) is 4.39 Å². The molecule has 0 atom stereocenters. The fraction of sp³-hybridized carbons (Fsp3) is 0.269. The number of hydrogen-bond donors (Lipinski definition) is 2. The molecule has 0 aliphatic rings. The monoisotopic (exact) mass is 514 g/mol. The number of carbonyl (C=O) groups excluding carboxylic acids is 1. The van der Waals surface area contributed by atoms with Gasteiger partial charge in [0.2, 0.25) is 5.91 Å². The number of anilines is 2. The molecule has 0 aromatic heterocycles. The van der Waals surface area contributed by atoms with Gasteiger partial charge in [0.15, 0.2) is 11.5 Å². The second-order valence-corrected chi connectivity index (χ2v) is 8.87. The van der Waals surface area contributed by atoms with Crippen molar-refractivity contribution in [1.82, 2.24) is 0 Å². The summed E-state index contributed by atoms with van der Waals surface area (Å²) in [5.74, 6) is 1.05. The van der Waals surface area contributed by atoms with Crippen molar-refractivity contribution >= 4 is 33.2 Å². The number of nitrogens with one attached hydrogen (secondary N) is 2. The summed E-state index contributed by atoms with van der Waals surface area (Å²) in [4.78, 5) is 12.1. The van der Waals surface area contributed by atoms with E-state index in [2.05, 4.69) is 26.6 Å². The summed E-state index contributed by atoms with van der Waals surface area (Å²) in [6.07, 6.45) is 0.469. The van der Waals surface area contributed by atoms with Crippen LogP contribution in [0.2, 0.25) is 0 Å². The van der Waals surface area contributed by atoms with Crippen LogP contribution in [0.25, 0.3) is 0 Å². The number of halogens is 2. The first-order valence-corrected chi connectivity index (χ1v) is 11.5. The zero-order valence-corrected chi connectivity index (χ0v) is 20.5. The third-order valence-corrected chi connectivity index (χ3v) is 5.67. The van der Waals surface area contributed by atoms with Crippen LogP contribution in [0.1, 0.15) is 31.4 Å². The summed E-state index contributed by atoms with van der Waals surface area (Å²) in [6, 6.07) is 17.7. The molecule has 3 aromatic carbocycles. The van der Waals surface area contributed by atoms with Crippen molar-refractivity contribution in [3.8, 4) is 11.5 Å². The maximum atomic E-state index is 14.1. The molecule has 0 saturated carbocycles. The van der Waals surface area contributed by atoms with E-state index < -0.39 is 0 Å². The summed E-state index contributed by atoms with van der Waals surface area (Å²) in [5, 5.41) is 6.29. The number of benzene rings is 3. The van der Waals surface area contributed by atoms with Crippen molar-refractivity contribution in [2.24, 2.45) is 5.92 Å². The number of carbonyl (C=O) groups is 1. The Morgan fingerprint density at radius 1 is 1.06 bits per heavy atom. The topological polar surface area (TPSA) is 59.6 Å².